The van der Waals surface area contributed by atoms with Crippen LogP contribution in [0.3, 0.4) is 0 Å². The third-order valence-corrected chi connectivity index (χ3v) is 2.49. The second-order valence-electron chi connectivity index (χ2n) is 2.78. The van der Waals surface area contributed by atoms with E-state index < -0.39 is 6.17 Å². The molecule has 1 rings (SSSR count). The molecule has 0 bridgehead atoms. The van der Waals surface area contributed by atoms with Gasteiger partial charge in [0, 0.05) is 7.11 Å². The van der Waals surface area contributed by atoms with E-state index in [-0.39, 0.29) is 4.83 Å². The number of hydrogen-bond donors (Lipinski definition) is 0. The molecule has 0 radical (unpaired) electrons. The monoisotopic (exact) mass is 246 g/mol. The molecule has 2 atom stereocenters. The van der Waals surface area contributed by atoms with Gasteiger partial charge in [0.15, 0.2) is 0 Å². The van der Waals surface area contributed by atoms with Crippen LogP contribution in [0.1, 0.15) is 11.7 Å². The molecular formula is C10H12BrFO. The van der Waals surface area contributed by atoms with Gasteiger partial charge >= 0.3 is 0 Å². The van der Waals surface area contributed by atoms with E-state index in [4.69, 9.17) is 4.74 Å². The van der Waals surface area contributed by atoms with Crippen molar-refractivity contribution in [1.29, 1.82) is 0 Å². The molecule has 0 aliphatic rings. The van der Waals surface area contributed by atoms with Gasteiger partial charge in [-0.05, 0) is 5.56 Å². The summed E-state index contributed by atoms with van der Waals surface area (Å²) in [6.07, 6.45) is -1.01. The fraction of sp³-hybridized carbons (Fsp3) is 0.400. The van der Waals surface area contributed by atoms with Crippen molar-refractivity contribution in [3.05, 3.63) is 35.9 Å². The highest BCUT2D eigenvalue weighted by molar-refractivity contribution is 9.09. The molecule has 1 aromatic carbocycles. The molecule has 0 N–H and O–H groups in total. The zero-order valence-corrected chi connectivity index (χ0v) is 9.00. The summed E-state index contributed by atoms with van der Waals surface area (Å²) < 4.78 is 18.4. The summed E-state index contributed by atoms with van der Waals surface area (Å²) in [6.45, 7) is 0.371. The maximum absolute atomic E-state index is 13.6. The SMILES string of the molecule is COC[C@H](Br)[C@H](F)c1ccccc1. The van der Waals surface area contributed by atoms with Crippen LogP contribution in [-0.4, -0.2) is 18.5 Å². The molecule has 13 heavy (non-hydrogen) atoms. The van der Waals surface area contributed by atoms with E-state index in [0.717, 1.165) is 0 Å². The highest BCUT2D eigenvalue weighted by Crippen LogP contribution is 2.26. The van der Waals surface area contributed by atoms with E-state index >= 15 is 0 Å². The summed E-state index contributed by atoms with van der Waals surface area (Å²) in [5, 5.41) is 0. The van der Waals surface area contributed by atoms with Crippen molar-refractivity contribution >= 4 is 15.9 Å². The van der Waals surface area contributed by atoms with Crippen molar-refractivity contribution in [2.24, 2.45) is 0 Å². The van der Waals surface area contributed by atoms with E-state index in [2.05, 4.69) is 15.9 Å². The molecule has 0 fully saturated rings. The average molecular weight is 247 g/mol. The van der Waals surface area contributed by atoms with Gasteiger partial charge in [0.05, 0.1) is 11.4 Å². The standard InChI is InChI=1S/C10H12BrFO/c1-13-7-9(11)10(12)8-5-3-2-4-6-8/h2-6,9-10H,7H2,1H3/t9-,10+/m0/s1. The predicted octanol–water partition coefficient (Wildman–Crippen LogP) is 3.11. The smallest absolute Gasteiger partial charge is 0.140 e. The Morgan fingerprint density at radius 1 is 1.38 bits per heavy atom. The lowest BCUT2D eigenvalue weighted by atomic mass is 10.1. The highest BCUT2D eigenvalue weighted by atomic mass is 79.9. The van der Waals surface area contributed by atoms with Gasteiger partial charge in [-0.25, -0.2) is 4.39 Å². The van der Waals surface area contributed by atoms with Crippen LogP contribution < -0.4 is 0 Å². The molecule has 0 unspecified atom stereocenters. The van der Waals surface area contributed by atoms with E-state index in [9.17, 15) is 4.39 Å². The van der Waals surface area contributed by atoms with Crippen LogP contribution in [0.25, 0.3) is 0 Å². The van der Waals surface area contributed by atoms with Gasteiger partial charge in [0.25, 0.3) is 0 Å². The van der Waals surface area contributed by atoms with Gasteiger partial charge in [0.2, 0.25) is 0 Å². The topological polar surface area (TPSA) is 9.23 Å². The molecule has 1 aromatic rings. The van der Waals surface area contributed by atoms with Crippen LogP contribution in [0.5, 0.6) is 0 Å². The highest BCUT2D eigenvalue weighted by Gasteiger charge is 2.19. The Bertz CT molecular complexity index is 240. The molecule has 0 amide bonds. The maximum atomic E-state index is 13.6. The molecule has 0 aliphatic heterocycles. The van der Waals surface area contributed by atoms with Crippen LogP contribution in [0, 0.1) is 0 Å². The minimum atomic E-state index is -1.01. The molecule has 0 saturated heterocycles. The fourth-order valence-electron chi connectivity index (χ4n) is 1.09. The Morgan fingerprint density at radius 3 is 2.54 bits per heavy atom. The summed E-state index contributed by atoms with van der Waals surface area (Å²) in [5.74, 6) is 0. The van der Waals surface area contributed by atoms with E-state index in [1.807, 2.05) is 18.2 Å². The first-order valence-electron chi connectivity index (χ1n) is 4.07. The summed E-state index contributed by atoms with van der Waals surface area (Å²) in [6, 6.07) is 9.07. The molecule has 0 aliphatic carbocycles. The van der Waals surface area contributed by atoms with Crippen LogP contribution in [0.15, 0.2) is 30.3 Å². The molecule has 0 spiro atoms. The van der Waals surface area contributed by atoms with Gasteiger partial charge < -0.3 is 4.74 Å². The Labute approximate surface area is 86.0 Å². The van der Waals surface area contributed by atoms with Crippen molar-refractivity contribution in [1.82, 2.24) is 0 Å². The first kappa shape index (κ1) is 10.7. The van der Waals surface area contributed by atoms with Crippen LogP contribution in [0.2, 0.25) is 0 Å². The molecule has 3 heteroatoms. The van der Waals surface area contributed by atoms with E-state index in [1.165, 1.54) is 0 Å². The lowest BCUT2D eigenvalue weighted by Gasteiger charge is -2.14. The Hall–Kier alpha value is -0.410. The van der Waals surface area contributed by atoms with Crippen molar-refractivity contribution in [3.8, 4) is 0 Å². The van der Waals surface area contributed by atoms with E-state index in [0.29, 0.717) is 12.2 Å². The molecule has 1 nitrogen and oxygen atoms in total. The lowest BCUT2D eigenvalue weighted by molar-refractivity contribution is 0.170. The van der Waals surface area contributed by atoms with Crippen molar-refractivity contribution in [2.45, 2.75) is 11.0 Å². The molecule has 0 saturated carbocycles. The van der Waals surface area contributed by atoms with Crippen LogP contribution >= 0.6 is 15.9 Å². The fourth-order valence-corrected chi connectivity index (χ4v) is 1.66. The Morgan fingerprint density at radius 2 is 2.00 bits per heavy atom. The van der Waals surface area contributed by atoms with Crippen molar-refractivity contribution < 1.29 is 9.13 Å². The van der Waals surface area contributed by atoms with Crippen molar-refractivity contribution in [3.63, 3.8) is 0 Å². The molecular weight excluding hydrogens is 235 g/mol. The number of benzene rings is 1. The largest absolute Gasteiger partial charge is 0.383 e. The summed E-state index contributed by atoms with van der Waals surface area (Å²) in [5.41, 5.74) is 0.682. The maximum Gasteiger partial charge on any atom is 0.140 e. The minimum absolute atomic E-state index is 0.278. The number of hydrogen-bond acceptors (Lipinski definition) is 1. The normalized spacial score (nSPS) is 15.3. The quantitative estimate of drug-likeness (QED) is 0.743. The second-order valence-corrected chi connectivity index (χ2v) is 3.96. The van der Waals surface area contributed by atoms with Crippen LogP contribution in [-0.2, 0) is 4.74 Å². The number of halogens is 2. The number of rotatable bonds is 4. The minimum Gasteiger partial charge on any atom is -0.383 e. The van der Waals surface area contributed by atoms with Gasteiger partial charge in [-0.1, -0.05) is 46.3 Å². The summed E-state index contributed by atoms with van der Waals surface area (Å²) in [4.78, 5) is -0.278. The number of methoxy groups -OCH3 is 1. The first-order chi connectivity index (χ1) is 6.25. The Balaban J connectivity index is 2.62. The third kappa shape index (κ3) is 3.08. The lowest BCUT2D eigenvalue weighted by Crippen LogP contribution is -2.13. The van der Waals surface area contributed by atoms with Gasteiger partial charge in [-0.15, -0.1) is 0 Å². The average Bonchev–Trinajstić information content (AvgIpc) is 2.18. The van der Waals surface area contributed by atoms with Crippen LogP contribution in [0.4, 0.5) is 4.39 Å². The third-order valence-electron chi connectivity index (χ3n) is 1.76. The molecule has 0 aromatic heterocycles. The molecule has 72 valence electrons. The van der Waals surface area contributed by atoms with Gasteiger partial charge in [-0.2, -0.15) is 0 Å². The van der Waals surface area contributed by atoms with Gasteiger partial charge in [0.1, 0.15) is 6.17 Å². The molecule has 0 heterocycles. The first-order valence-corrected chi connectivity index (χ1v) is 4.99. The van der Waals surface area contributed by atoms with Gasteiger partial charge in [-0.3, -0.25) is 0 Å². The summed E-state index contributed by atoms with van der Waals surface area (Å²) in [7, 11) is 1.56. The second kappa shape index (κ2) is 5.35. The van der Waals surface area contributed by atoms with Crippen molar-refractivity contribution in [2.75, 3.05) is 13.7 Å². The number of alkyl halides is 2. The summed E-state index contributed by atoms with van der Waals surface area (Å²) >= 11 is 3.24. The zero-order valence-electron chi connectivity index (χ0n) is 7.41. The predicted molar refractivity (Wildman–Crippen MR) is 54.9 cm³/mol. The van der Waals surface area contributed by atoms with E-state index in [1.54, 1.807) is 19.2 Å². The number of ether oxygens (including phenoxy) is 1. The zero-order chi connectivity index (χ0) is 9.68. The Kier molecular flexibility index (Phi) is 4.39.